The Hall–Kier alpha value is -4.69. The molecule has 1 saturated heterocycles. The van der Waals surface area contributed by atoms with E-state index in [-0.39, 0.29) is 5.57 Å². The van der Waals surface area contributed by atoms with E-state index in [1.807, 2.05) is 54.6 Å². The van der Waals surface area contributed by atoms with E-state index in [0.717, 1.165) is 20.5 Å². The fourth-order valence-electron chi connectivity index (χ4n) is 3.90. The molecule has 1 aliphatic heterocycles. The standard InChI is InChI=1S/C31H23BrN2O5/c32-24-10-6-23(7-11-24)20-39-26-14-8-21(9-15-26)18-28-29(35)33-31(37)34(30(28)36)25-12-16-27(17-13-25)38-19-22-4-2-1-3-5-22/h1-18H,19-20H2,(H,33,35,37)/b28-18+. The number of urea groups is 1. The molecular weight excluding hydrogens is 560 g/mol. The minimum atomic E-state index is -0.809. The molecule has 0 aliphatic carbocycles. The molecule has 1 heterocycles. The number of anilines is 1. The summed E-state index contributed by atoms with van der Waals surface area (Å²) in [6.07, 6.45) is 1.45. The van der Waals surface area contributed by atoms with Gasteiger partial charge in [-0.25, -0.2) is 9.69 Å². The number of benzene rings is 4. The lowest BCUT2D eigenvalue weighted by molar-refractivity contribution is -0.122. The van der Waals surface area contributed by atoms with Gasteiger partial charge in [0.15, 0.2) is 0 Å². The molecule has 5 rings (SSSR count). The van der Waals surface area contributed by atoms with Gasteiger partial charge in [0.05, 0.1) is 5.69 Å². The Morgan fingerprint density at radius 2 is 1.26 bits per heavy atom. The van der Waals surface area contributed by atoms with Crippen LogP contribution in [-0.4, -0.2) is 17.8 Å². The lowest BCUT2D eigenvalue weighted by Crippen LogP contribution is -2.54. The number of hydrogen-bond acceptors (Lipinski definition) is 5. The van der Waals surface area contributed by atoms with Gasteiger partial charge in [-0.05, 0) is 71.3 Å². The minimum Gasteiger partial charge on any atom is -0.489 e. The van der Waals surface area contributed by atoms with Crippen molar-refractivity contribution in [1.82, 2.24) is 5.32 Å². The highest BCUT2D eigenvalue weighted by atomic mass is 79.9. The van der Waals surface area contributed by atoms with Gasteiger partial charge in [0.1, 0.15) is 30.3 Å². The Bertz CT molecular complexity index is 1520. The summed E-state index contributed by atoms with van der Waals surface area (Å²) in [5.41, 5.74) is 2.82. The molecule has 39 heavy (non-hydrogen) atoms. The van der Waals surface area contributed by atoms with Crippen LogP contribution in [0.3, 0.4) is 0 Å². The number of nitrogens with zero attached hydrogens (tertiary/aromatic N) is 1. The first kappa shape index (κ1) is 25.9. The summed E-state index contributed by atoms with van der Waals surface area (Å²) in [4.78, 5) is 39.2. The van der Waals surface area contributed by atoms with Crippen molar-refractivity contribution in [2.75, 3.05) is 4.90 Å². The highest BCUT2D eigenvalue weighted by Crippen LogP contribution is 2.25. The van der Waals surface area contributed by atoms with Crippen LogP contribution < -0.4 is 19.7 Å². The molecule has 1 fully saturated rings. The average molecular weight is 583 g/mol. The van der Waals surface area contributed by atoms with E-state index in [1.165, 1.54) is 6.08 Å². The number of ether oxygens (including phenoxy) is 2. The fourth-order valence-corrected chi connectivity index (χ4v) is 4.16. The number of barbiturate groups is 1. The van der Waals surface area contributed by atoms with Gasteiger partial charge in [0.25, 0.3) is 11.8 Å². The molecule has 4 amide bonds. The second kappa shape index (κ2) is 11.8. The quantitative estimate of drug-likeness (QED) is 0.195. The smallest absolute Gasteiger partial charge is 0.335 e. The Kier molecular flexibility index (Phi) is 7.84. The third kappa shape index (κ3) is 6.42. The van der Waals surface area contributed by atoms with E-state index in [4.69, 9.17) is 9.47 Å². The largest absolute Gasteiger partial charge is 0.489 e. The van der Waals surface area contributed by atoms with E-state index in [9.17, 15) is 14.4 Å². The zero-order chi connectivity index (χ0) is 27.2. The summed E-state index contributed by atoms with van der Waals surface area (Å²) < 4.78 is 12.6. The molecule has 7 nitrogen and oxygen atoms in total. The van der Waals surface area contributed by atoms with Crippen molar-refractivity contribution in [3.05, 3.63) is 130 Å². The van der Waals surface area contributed by atoms with Crippen molar-refractivity contribution in [2.24, 2.45) is 0 Å². The normalized spacial score (nSPS) is 14.3. The van der Waals surface area contributed by atoms with Gasteiger partial charge in [0.2, 0.25) is 0 Å². The molecule has 0 unspecified atom stereocenters. The van der Waals surface area contributed by atoms with Gasteiger partial charge < -0.3 is 9.47 Å². The molecular formula is C31H23BrN2O5. The molecule has 0 spiro atoms. The van der Waals surface area contributed by atoms with E-state index >= 15 is 0 Å². The third-order valence-electron chi connectivity index (χ3n) is 5.95. The van der Waals surface area contributed by atoms with Gasteiger partial charge in [-0.2, -0.15) is 0 Å². The lowest BCUT2D eigenvalue weighted by Gasteiger charge is -2.26. The fraction of sp³-hybridized carbons (Fsp3) is 0.0645. The van der Waals surface area contributed by atoms with Crippen LogP contribution in [-0.2, 0) is 22.8 Å². The molecule has 8 heteroatoms. The predicted molar refractivity (Wildman–Crippen MR) is 151 cm³/mol. The van der Waals surface area contributed by atoms with E-state index in [2.05, 4.69) is 21.2 Å². The maximum Gasteiger partial charge on any atom is 0.335 e. The van der Waals surface area contributed by atoms with Crippen LogP contribution >= 0.6 is 15.9 Å². The Balaban J connectivity index is 1.26. The molecule has 0 bridgehead atoms. The summed E-state index contributed by atoms with van der Waals surface area (Å²) >= 11 is 3.41. The Labute approximate surface area is 233 Å². The molecule has 194 valence electrons. The van der Waals surface area contributed by atoms with Crippen molar-refractivity contribution in [1.29, 1.82) is 0 Å². The predicted octanol–water partition coefficient (Wildman–Crippen LogP) is 6.27. The summed E-state index contributed by atoms with van der Waals surface area (Å²) in [6.45, 7) is 0.792. The van der Waals surface area contributed by atoms with Crippen LogP contribution in [0.2, 0.25) is 0 Å². The van der Waals surface area contributed by atoms with Crippen molar-refractivity contribution < 1.29 is 23.9 Å². The second-order valence-corrected chi connectivity index (χ2v) is 9.63. The summed E-state index contributed by atoms with van der Waals surface area (Å²) in [5, 5.41) is 2.24. The summed E-state index contributed by atoms with van der Waals surface area (Å²) in [6, 6.07) is 30.3. The van der Waals surface area contributed by atoms with Crippen molar-refractivity contribution in [3.63, 3.8) is 0 Å². The number of halogens is 1. The van der Waals surface area contributed by atoms with Gasteiger partial charge in [-0.15, -0.1) is 0 Å². The van der Waals surface area contributed by atoms with Crippen LogP contribution in [0.5, 0.6) is 11.5 Å². The molecule has 0 atom stereocenters. The number of rotatable bonds is 8. The number of imide groups is 2. The van der Waals surface area contributed by atoms with Gasteiger partial charge in [-0.1, -0.05) is 70.5 Å². The molecule has 0 aromatic heterocycles. The van der Waals surface area contributed by atoms with Crippen LogP contribution in [0.1, 0.15) is 16.7 Å². The number of hydrogen-bond donors (Lipinski definition) is 1. The SMILES string of the molecule is O=C1NC(=O)N(c2ccc(OCc3ccccc3)cc2)C(=O)/C1=C/c1ccc(OCc2ccc(Br)cc2)cc1. The first-order valence-electron chi connectivity index (χ1n) is 12.1. The lowest BCUT2D eigenvalue weighted by atomic mass is 10.1. The third-order valence-corrected chi connectivity index (χ3v) is 6.48. The topological polar surface area (TPSA) is 84.9 Å². The van der Waals surface area contributed by atoms with E-state index < -0.39 is 17.8 Å². The molecule has 0 saturated carbocycles. The van der Waals surface area contributed by atoms with Crippen molar-refractivity contribution in [3.8, 4) is 11.5 Å². The first-order valence-corrected chi connectivity index (χ1v) is 12.9. The zero-order valence-electron chi connectivity index (χ0n) is 20.7. The Morgan fingerprint density at radius 1 is 0.692 bits per heavy atom. The Morgan fingerprint density at radius 3 is 1.87 bits per heavy atom. The summed E-state index contributed by atoms with van der Waals surface area (Å²) in [5.74, 6) is -0.232. The molecule has 4 aromatic carbocycles. The van der Waals surface area contributed by atoms with Crippen LogP contribution in [0, 0.1) is 0 Å². The summed E-state index contributed by atoms with van der Waals surface area (Å²) in [7, 11) is 0. The van der Waals surface area contributed by atoms with Crippen molar-refractivity contribution in [2.45, 2.75) is 13.2 Å². The molecule has 4 aromatic rings. The highest BCUT2D eigenvalue weighted by Gasteiger charge is 2.36. The minimum absolute atomic E-state index is 0.150. The van der Waals surface area contributed by atoms with Gasteiger partial charge in [-0.3, -0.25) is 14.9 Å². The molecule has 1 aliphatic rings. The number of amides is 4. The number of nitrogens with one attached hydrogen (secondary N) is 1. The monoisotopic (exact) mass is 582 g/mol. The average Bonchev–Trinajstić information content (AvgIpc) is 2.95. The highest BCUT2D eigenvalue weighted by molar-refractivity contribution is 9.10. The first-order chi connectivity index (χ1) is 19.0. The van der Waals surface area contributed by atoms with E-state index in [0.29, 0.717) is 36.0 Å². The zero-order valence-corrected chi connectivity index (χ0v) is 22.3. The van der Waals surface area contributed by atoms with Crippen LogP contribution in [0.4, 0.5) is 10.5 Å². The number of carbonyl (C=O) groups excluding carboxylic acids is 3. The van der Waals surface area contributed by atoms with Gasteiger partial charge in [0, 0.05) is 4.47 Å². The van der Waals surface area contributed by atoms with E-state index in [1.54, 1.807) is 48.5 Å². The molecule has 0 radical (unpaired) electrons. The maximum absolute atomic E-state index is 13.2. The molecule has 1 N–H and O–H groups in total. The van der Waals surface area contributed by atoms with Crippen LogP contribution in [0.25, 0.3) is 6.08 Å². The van der Waals surface area contributed by atoms with Gasteiger partial charge >= 0.3 is 6.03 Å². The number of carbonyl (C=O) groups is 3. The second-order valence-electron chi connectivity index (χ2n) is 8.71. The van der Waals surface area contributed by atoms with Crippen molar-refractivity contribution >= 4 is 45.5 Å². The van der Waals surface area contributed by atoms with Crippen LogP contribution in [0.15, 0.2) is 113 Å². The maximum atomic E-state index is 13.2.